The molecule has 1 aliphatic carbocycles. The van der Waals surface area contributed by atoms with Crippen LogP contribution in [0, 0.1) is 5.92 Å². The van der Waals surface area contributed by atoms with E-state index < -0.39 is 0 Å². The first-order valence-corrected chi connectivity index (χ1v) is 11.1. The van der Waals surface area contributed by atoms with Gasteiger partial charge in [-0.2, -0.15) is 0 Å². The van der Waals surface area contributed by atoms with Crippen molar-refractivity contribution in [3.05, 3.63) is 42.1 Å². The second-order valence-electron chi connectivity index (χ2n) is 8.73. The Balaban J connectivity index is 1.47. The molecule has 3 aliphatic rings. The Morgan fingerprint density at radius 2 is 1.84 bits per heavy atom. The molecule has 31 heavy (non-hydrogen) atoms. The zero-order chi connectivity index (χ0) is 21.4. The van der Waals surface area contributed by atoms with Crippen LogP contribution < -0.4 is 15.1 Å². The highest BCUT2D eigenvalue weighted by atomic mass is 16.5. The van der Waals surface area contributed by atoms with Crippen molar-refractivity contribution in [2.24, 2.45) is 5.92 Å². The number of ether oxygens (including phenoxy) is 2. The molecule has 0 atom stereocenters. The molecule has 1 saturated heterocycles. The number of amides is 1. The molecule has 1 N–H and O–H groups in total. The molecule has 2 fully saturated rings. The number of benzene rings is 1. The molecule has 0 radical (unpaired) electrons. The van der Waals surface area contributed by atoms with Crippen molar-refractivity contribution in [3.8, 4) is 0 Å². The summed E-state index contributed by atoms with van der Waals surface area (Å²) in [6, 6.07) is 10.3. The van der Waals surface area contributed by atoms with E-state index in [9.17, 15) is 4.79 Å². The first-order valence-electron chi connectivity index (χ1n) is 11.1. The SMILES string of the molecule is COC1CN(c2ccc3c(c2)N(C(=O)[C@H]2CC[C@H](OC)CC2)Cc2cccnc2N3)C1. The van der Waals surface area contributed by atoms with E-state index in [1.165, 1.54) is 0 Å². The van der Waals surface area contributed by atoms with Crippen molar-refractivity contribution in [2.75, 3.05) is 42.4 Å². The van der Waals surface area contributed by atoms with Crippen LogP contribution in [0.25, 0.3) is 0 Å². The van der Waals surface area contributed by atoms with E-state index in [2.05, 4.69) is 33.4 Å². The Morgan fingerprint density at radius 1 is 1.06 bits per heavy atom. The van der Waals surface area contributed by atoms with Crippen LogP contribution in [0.15, 0.2) is 36.5 Å². The fourth-order valence-electron chi connectivity index (χ4n) is 4.87. The quantitative estimate of drug-likeness (QED) is 0.810. The molecule has 2 aromatic rings. The number of carbonyl (C=O) groups excluding carboxylic acids is 1. The minimum atomic E-state index is 0.0306. The van der Waals surface area contributed by atoms with Crippen molar-refractivity contribution in [1.29, 1.82) is 0 Å². The molecule has 0 spiro atoms. The standard InChI is InChI=1S/C24H30N4O3/c1-30-19-8-5-16(6-9-19)24(29)28-13-17-4-3-11-25-23(17)26-21-10-7-18(12-22(21)28)27-14-20(15-27)31-2/h3-4,7,10-12,16,19-20H,5-6,8-9,13-15H2,1-2H3,(H,25,26)/t16-,19-. The number of rotatable bonds is 4. The second kappa shape index (κ2) is 8.48. The smallest absolute Gasteiger partial charge is 0.230 e. The maximum Gasteiger partial charge on any atom is 0.230 e. The fourth-order valence-corrected chi connectivity index (χ4v) is 4.87. The number of pyridine rings is 1. The van der Waals surface area contributed by atoms with E-state index in [0.29, 0.717) is 6.54 Å². The van der Waals surface area contributed by atoms with Gasteiger partial charge in [-0.25, -0.2) is 4.98 Å². The highest BCUT2D eigenvalue weighted by molar-refractivity contribution is 6.00. The van der Waals surface area contributed by atoms with E-state index in [1.54, 1.807) is 20.4 Å². The normalized spacial score (nSPS) is 23.3. The Bertz CT molecular complexity index is 952. The third kappa shape index (κ3) is 3.88. The van der Waals surface area contributed by atoms with Crippen molar-refractivity contribution >= 4 is 28.8 Å². The molecule has 1 saturated carbocycles. The minimum Gasteiger partial charge on any atom is -0.381 e. The Morgan fingerprint density at radius 3 is 2.58 bits per heavy atom. The number of methoxy groups -OCH3 is 2. The summed E-state index contributed by atoms with van der Waals surface area (Å²) < 4.78 is 10.9. The Kier molecular flexibility index (Phi) is 5.54. The van der Waals surface area contributed by atoms with Gasteiger partial charge in [0.1, 0.15) is 5.82 Å². The van der Waals surface area contributed by atoms with Crippen LogP contribution in [-0.4, -0.2) is 50.4 Å². The predicted molar refractivity (Wildman–Crippen MR) is 121 cm³/mol. The third-order valence-corrected chi connectivity index (χ3v) is 6.91. The lowest BCUT2D eigenvalue weighted by Gasteiger charge is -2.40. The summed E-state index contributed by atoms with van der Waals surface area (Å²) >= 11 is 0. The first-order chi connectivity index (χ1) is 15.2. The number of hydrogen-bond donors (Lipinski definition) is 1. The van der Waals surface area contributed by atoms with Crippen LogP contribution in [0.2, 0.25) is 0 Å². The average Bonchev–Trinajstić information content (AvgIpc) is 2.94. The molecular formula is C24H30N4O3. The molecular weight excluding hydrogens is 392 g/mol. The molecule has 7 nitrogen and oxygen atoms in total. The molecule has 2 aliphatic heterocycles. The lowest BCUT2D eigenvalue weighted by Crippen LogP contribution is -2.51. The van der Waals surface area contributed by atoms with Gasteiger partial charge in [-0.1, -0.05) is 6.07 Å². The van der Waals surface area contributed by atoms with Crippen LogP contribution in [0.5, 0.6) is 0 Å². The Hall–Kier alpha value is -2.64. The number of fused-ring (bicyclic) bond motifs is 2. The second-order valence-corrected chi connectivity index (χ2v) is 8.73. The molecule has 0 bridgehead atoms. The summed E-state index contributed by atoms with van der Waals surface area (Å²) in [4.78, 5) is 22.5. The van der Waals surface area contributed by atoms with Gasteiger partial charge < -0.3 is 24.6 Å². The molecule has 1 aromatic carbocycles. The zero-order valence-electron chi connectivity index (χ0n) is 18.2. The van der Waals surface area contributed by atoms with Crippen LogP contribution >= 0.6 is 0 Å². The molecule has 5 rings (SSSR count). The van der Waals surface area contributed by atoms with Gasteiger partial charge in [0.2, 0.25) is 5.91 Å². The van der Waals surface area contributed by atoms with E-state index in [4.69, 9.17) is 9.47 Å². The van der Waals surface area contributed by atoms with E-state index >= 15 is 0 Å². The van der Waals surface area contributed by atoms with Gasteiger partial charge in [-0.15, -0.1) is 0 Å². The first kappa shape index (κ1) is 20.3. The van der Waals surface area contributed by atoms with Gasteiger partial charge in [0.15, 0.2) is 0 Å². The molecule has 7 heteroatoms. The number of carbonyl (C=O) groups is 1. The maximum atomic E-state index is 13.7. The lowest BCUT2D eigenvalue weighted by atomic mass is 9.86. The molecule has 3 heterocycles. The number of nitrogens with one attached hydrogen (secondary N) is 1. The summed E-state index contributed by atoms with van der Waals surface area (Å²) in [6.07, 6.45) is 5.97. The van der Waals surface area contributed by atoms with Gasteiger partial charge in [-0.05, 0) is 49.9 Å². The monoisotopic (exact) mass is 422 g/mol. The number of nitrogens with zero attached hydrogens (tertiary/aromatic N) is 3. The summed E-state index contributed by atoms with van der Waals surface area (Å²) in [7, 11) is 3.52. The van der Waals surface area contributed by atoms with Crippen molar-refractivity contribution in [3.63, 3.8) is 0 Å². The zero-order valence-corrected chi connectivity index (χ0v) is 18.2. The molecule has 1 aromatic heterocycles. The summed E-state index contributed by atoms with van der Waals surface area (Å²) in [5.41, 5.74) is 4.00. The summed E-state index contributed by atoms with van der Waals surface area (Å²) in [6.45, 7) is 2.27. The van der Waals surface area contributed by atoms with Gasteiger partial charge in [0, 0.05) is 50.7 Å². The van der Waals surface area contributed by atoms with Crippen LogP contribution in [0.4, 0.5) is 22.9 Å². The average molecular weight is 423 g/mol. The van der Waals surface area contributed by atoms with Crippen LogP contribution in [0.1, 0.15) is 31.2 Å². The van der Waals surface area contributed by atoms with E-state index in [-0.39, 0.29) is 24.0 Å². The van der Waals surface area contributed by atoms with Crippen molar-refractivity contribution in [1.82, 2.24) is 4.98 Å². The molecule has 164 valence electrons. The topological polar surface area (TPSA) is 66.9 Å². The van der Waals surface area contributed by atoms with E-state index in [0.717, 1.165) is 67.2 Å². The molecule has 1 amide bonds. The highest BCUT2D eigenvalue weighted by Crippen LogP contribution is 2.40. The minimum absolute atomic E-state index is 0.0306. The third-order valence-electron chi connectivity index (χ3n) is 6.91. The number of hydrogen-bond acceptors (Lipinski definition) is 6. The van der Waals surface area contributed by atoms with Gasteiger partial charge >= 0.3 is 0 Å². The maximum absolute atomic E-state index is 13.7. The largest absolute Gasteiger partial charge is 0.381 e. The number of aromatic nitrogens is 1. The Labute approximate surface area is 183 Å². The van der Waals surface area contributed by atoms with Crippen molar-refractivity contribution in [2.45, 2.75) is 44.4 Å². The van der Waals surface area contributed by atoms with Crippen LogP contribution in [-0.2, 0) is 20.8 Å². The predicted octanol–water partition coefficient (Wildman–Crippen LogP) is 3.71. The van der Waals surface area contributed by atoms with Gasteiger partial charge in [0.25, 0.3) is 0 Å². The van der Waals surface area contributed by atoms with E-state index in [1.807, 2.05) is 17.0 Å². The number of anilines is 4. The summed E-state index contributed by atoms with van der Waals surface area (Å²) in [5.74, 6) is 1.05. The summed E-state index contributed by atoms with van der Waals surface area (Å²) in [5, 5.41) is 3.46. The highest BCUT2D eigenvalue weighted by Gasteiger charge is 2.34. The fraction of sp³-hybridized carbons (Fsp3) is 0.500. The molecule has 0 unspecified atom stereocenters. The van der Waals surface area contributed by atoms with Gasteiger partial charge in [-0.3, -0.25) is 4.79 Å². The van der Waals surface area contributed by atoms with Crippen molar-refractivity contribution < 1.29 is 14.3 Å². The van der Waals surface area contributed by atoms with Gasteiger partial charge in [0.05, 0.1) is 30.1 Å². The lowest BCUT2D eigenvalue weighted by molar-refractivity contribution is -0.124. The van der Waals surface area contributed by atoms with Crippen LogP contribution in [0.3, 0.4) is 0 Å².